The van der Waals surface area contributed by atoms with E-state index in [4.69, 9.17) is 14.6 Å². The van der Waals surface area contributed by atoms with E-state index in [-0.39, 0.29) is 44.2 Å². The number of thioether (sulfide) groups is 1. The van der Waals surface area contributed by atoms with Crippen molar-refractivity contribution >= 4 is 23.6 Å². The van der Waals surface area contributed by atoms with E-state index in [9.17, 15) is 19.8 Å². The van der Waals surface area contributed by atoms with Crippen molar-refractivity contribution in [3.63, 3.8) is 0 Å². The summed E-state index contributed by atoms with van der Waals surface area (Å²) in [4.78, 5) is 22.8. The minimum Gasteiger partial charge on any atom is -0.481 e. The molecule has 1 heterocycles. The number of amides is 1. The Balaban J connectivity index is 1.47. The molecule has 4 N–H and O–H groups in total. The number of rotatable bonds is 14. The molecule has 0 spiro atoms. The average Bonchev–Trinajstić information content (AvgIpc) is 3.00. The largest absolute Gasteiger partial charge is 0.481 e. The quantitative estimate of drug-likeness (QED) is 0.197. The van der Waals surface area contributed by atoms with Crippen molar-refractivity contribution in [1.82, 2.24) is 5.32 Å². The lowest BCUT2D eigenvalue weighted by Crippen LogP contribution is -2.31. The molecular formula is C32H37NO7S. The van der Waals surface area contributed by atoms with Gasteiger partial charge in [0.15, 0.2) is 6.29 Å². The molecule has 0 bridgehead atoms. The van der Waals surface area contributed by atoms with E-state index < -0.39 is 12.3 Å². The molecule has 4 rings (SSSR count). The number of ether oxygens (including phenoxy) is 2. The first-order chi connectivity index (χ1) is 19.9. The van der Waals surface area contributed by atoms with Crippen LogP contribution in [-0.4, -0.2) is 51.4 Å². The van der Waals surface area contributed by atoms with Gasteiger partial charge in [-0.2, -0.15) is 11.8 Å². The fourth-order valence-electron chi connectivity index (χ4n) is 4.72. The number of benzene rings is 3. The molecule has 8 nitrogen and oxygen atoms in total. The van der Waals surface area contributed by atoms with Gasteiger partial charge in [0.25, 0.3) is 0 Å². The smallest absolute Gasteiger partial charge is 0.303 e. The number of aliphatic hydroxyl groups is 2. The molecular weight excluding hydrogens is 542 g/mol. The molecule has 9 heteroatoms. The lowest BCUT2D eigenvalue weighted by molar-refractivity contribution is -0.245. The summed E-state index contributed by atoms with van der Waals surface area (Å²) in [7, 11) is 0. The number of hydrogen-bond acceptors (Lipinski definition) is 7. The number of carboxylic acid groups (broad SMARTS) is 1. The Labute approximate surface area is 244 Å². The van der Waals surface area contributed by atoms with Gasteiger partial charge in [-0.05, 0) is 46.4 Å². The van der Waals surface area contributed by atoms with Crippen LogP contribution in [0, 0.1) is 0 Å². The van der Waals surface area contributed by atoms with Crippen LogP contribution in [0.15, 0.2) is 72.8 Å². The molecule has 0 unspecified atom stereocenters. The van der Waals surface area contributed by atoms with Gasteiger partial charge < -0.3 is 30.1 Å². The van der Waals surface area contributed by atoms with Gasteiger partial charge in [-0.25, -0.2) is 0 Å². The summed E-state index contributed by atoms with van der Waals surface area (Å²) in [5, 5.41) is 30.3. The average molecular weight is 580 g/mol. The van der Waals surface area contributed by atoms with E-state index in [1.807, 2.05) is 66.7 Å². The first-order valence-corrected chi connectivity index (χ1v) is 15.0. The highest BCUT2D eigenvalue weighted by molar-refractivity contribution is 7.99. The van der Waals surface area contributed by atoms with Crippen LogP contribution in [0.1, 0.15) is 60.3 Å². The van der Waals surface area contributed by atoms with Crippen LogP contribution in [0.3, 0.4) is 0 Å². The van der Waals surface area contributed by atoms with Crippen LogP contribution in [0.5, 0.6) is 0 Å². The zero-order valence-corrected chi connectivity index (χ0v) is 23.7. The van der Waals surface area contributed by atoms with E-state index in [0.29, 0.717) is 25.1 Å². The van der Waals surface area contributed by atoms with Crippen LogP contribution < -0.4 is 5.32 Å². The zero-order chi connectivity index (χ0) is 29.0. The Kier molecular flexibility index (Phi) is 11.8. The normalized spacial score (nSPS) is 18.6. The fourth-order valence-corrected chi connectivity index (χ4v) is 5.49. The molecule has 1 fully saturated rings. The molecule has 0 radical (unpaired) electrons. The molecule has 1 amide bonds. The minimum atomic E-state index is -0.903. The Morgan fingerprint density at radius 2 is 1.63 bits per heavy atom. The van der Waals surface area contributed by atoms with Gasteiger partial charge in [0.05, 0.1) is 25.4 Å². The number of aliphatic carboxylic acids is 1. The van der Waals surface area contributed by atoms with Gasteiger partial charge in [0.1, 0.15) is 0 Å². The summed E-state index contributed by atoms with van der Waals surface area (Å²) < 4.78 is 12.9. The Morgan fingerprint density at radius 3 is 2.37 bits per heavy atom. The Bertz CT molecular complexity index is 1280. The van der Waals surface area contributed by atoms with Crippen molar-refractivity contribution in [3.8, 4) is 11.1 Å². The molecule has 0 saturated carbocycles. The molecule has 3 aromatic carbocycles. The van der Waals surface area contributed by atoms with E-state index in [2.05, 4.69) is 11.4 Å². The third-order valence-corrected chi connectivity index (χ3v) is 7.94. The maximum Gasteiger partial charge on any atom is 0.303 e. The van der Waals surface area contributed by atoms with E-state index >= 15 is 0 Å². The van der Waals surface area contributed by atoms with Gasteiger partial charge in [0, 0.05) is 42.9 Å². The molecule has 1 aliphatic heterocycles. The zero-order valence-electron chi connectivity index (χ0n) is 22.9. The predicted octanol–water partition coefficient (Wildman–Crippen LogP) is 4.99. The third kappa shape index (κ3) is 9.41. The maximum absolute atomic E-state index is 12.1. The molecule has 3 atom stereocenters. The van der Waals surface area contributed by atoms with Crippen LogP contribution in [-0.2, 0) is 32.2 Å². The molecule has 1 aliphatic rings. The number of aliphatic hydroxyl groups excluding tert-OH is 2. The lowest BCUT2D eigenvalue weighted by atomic mass is 9.99. The summed E-state index contributed by atoms with van der Waals surface area (Å²) in [6.45, 7) is 0.474. The van der Waals surface area contributed by atoms with Crippen LogP contribution in [0.25, 0.3) is 11.1 Å². The van der Waals surface area contributed by atoms with Crippen molar-refractivity contribution in [2.24, 2.45) is 0 Å². The summed E-state index contributed by atoms with van der Waals surface area (Å²) in [6, 6.07) is 23.8. The summed E-state index contributed by atoms with van der Waals surface area (Å²) >= 11 is 1.65. The number of carbonyl (C=O) groups excluding carboxylic acids is 1. The lowest BCUT2D eigenvalue weighted by Gasteiger charge is -2.36. The van der Waals surface area contributed by atoms with E-state index in [0.717, 1.165) is 39.1 Å². The molecule has 41 heavy (non-hydrogen) atoms. The molecule has 3 aromatic rings. The third-order valence-electron chi connectivity index (χ3n) is 6.86. The second kappa shape index (κ2) is 15.7. The predicted molar refractivity (Wildman–Crippen MR) is 158 cm³/mol. The van der Waals surface area contributed by atoms with Crippen LogP contribution >= 0.6 is 11.8 Å². The number of carbonyl (C=O) groups is 2. The number of carboxylic acids is 1. The number of hydrogen-bond donors (Lipinski definition) is 4. The van der Waals surface area contributed by atoms with E-state index in [1.165, 1.54) is 0 Å². The molecule has 0 aromatic heterocycles. The van der Waals surface area contributed by atoms with Gasteiger partial charge in [-0.3, -0.25) is 9.59 Å². The summed E-state index contributed by atoms with van der Waals surface area (Å²) in [5.41, 5.74) is 5.70. The second-order valence-corrected chi connectivity index (χ2v) is 11.1. The van der Waals surface area contributed by atoms with Crippen LogP contribution in [0.2, 0.25) is 0 Å². The van der Waals surface area contributed by atoms with Crippen molar-refractivity contribution in [3.05, 3.63) is 95.1 Å². The van der Waals surface area contributed by atoms with Crippen molar-refractivity contribution in [2.45, 2.75) is 57.3 Å². The van der Waals surface area contributed by atoms with Crippen molar-refractivity contribution in [2.75, 3.05) is 18.1 Å². The highest BCUT2D eigenvalue weighted by Crippen LogP contribution is 2.39. The van der Waals surface area contributed by atoms with Crippen molar-refractivity contribution < 1.29 is 34.4 Å². The summed E-state index contributed by atoms with van der Waals surface area (Å²) in [5.74, 6) is 0.322. The topological polar surface area (TPSA) is 125 Å². The Morgan fingerprint density at radius 1 is 0.878 bits per heavy atom. The van der Waals surface area contributed by atoms with E-state index in [1.54, 1.807) is 11.8 Å². The first-order valence-electron chi connectivity index (χ1n) is 13.8. The van der Waals surface area contributed by atoms with Gasteiger partial charge in [-0.1, -0.05) is 60.7 Å². The van der Waals surface area contributed by atoms with Gasteiger partial charge in [-0.15, -0.1) is 0 Å². The Hall–Kier alpha value is -3.21. The first kappa shape index (κ1) is 30.7. The monoisotopic (exact) mass is 579 g/mol. The summed E-state index contributed by atoms with van der Waals surface area (Å²) in [6.07, 6.45) is 0.367. The highest BCUT2D eigenvalue weighted by atomic mass is 32.2. The second-order valence-electron chi connectivity index (χ2n) is 10.00. The fraction of sp³-hybridized carbons (Fsp3) is 0.375. The SMILES string of the molecule is O=C(O)CCCC(=O)NCc1cccc(-c2cccc([C@H]3O[C@@H](CSCCO)C[C@@H](c4ccc(CO)cc4)O3)c2)c1. The molecule has 218 valence electrons. The maximum atomic E-state index is 12.1. The van der Waals surface area contributed by atoms with Crippen molar-refractivity contribution in [1.29, 1.82) is 0 Å². The standard InChI is InChI=1S/C32H37NO7S/c34-14-15-41-21-28-18-29(24-12-10-22(20-35)11-13-24)40-32(39-28)27-7-2-6-26(17-27)25-5-1-4-23(16-25)19-33-30(36)8-3-9-31(37)38/h1-2,4-7,10-13,16-17,28-29,32,34-35H,3,8-9,14-15,18-21H2,(H,33,36)(H,37,38)/t28-,29+,32+/m1/s1. The van der Waals surface area contributed by atoms with Crippen LogP contribution in [0.4, 0.5) is 0 Å². The molecule has 1 saturated heterocycles. The molecule has 0 aliphatic carbocycles. The minimum absolute atomic E-state index is 0.00881. The van der Waals surface area contributed by atoms with Gasteiger partial charge in [0.2, 0.25) is 5.91 Å². The van der Waals surface area contributed by atoms with Gasteiger partial charge >= 0.3 is 5.97 Å². The number of nitrogens with one attached hydrogen (secondary N) is 1. The highest BCUT2D eigenvalue weighted by Gasteiger charge is 2.32.